The Balaban J connectivity index is 1.99. The van der Waals surface area contributed by atoms with E-state index in [1.54, 1.807) is 51.1 Å². The highest BCUT2D eigenvalue weighted by molar-refractivity contribution is 7.98. The first-order valence-electron chi connectivity index (χ1n) is 14.8. The first-order chi connectivity index (χ1) is 22.2. The van der Waals surface area contributed by atoms with Crippen LogP contribution in [-0.2, 0) is 41.6 Å². The van der Waals surface area contributed by atoms with E-state index >= 15 is 0 Å². The number of amides is 5. The summed E-state index contributed by atoms with van der Waals surface area (Å²) in [4.78, 5) is 75.3. The maximum Gasteiger partial charge on any atom is 0.408 e. The summed E-state index contributed by atoms with van der Waals surface area (Å²) in [7, 11) is 0. The van der Waals surface area contributed by atoms with Gasteiger partial charge in [-0.3, -0.25) is 19.2 Å². The first kappa shape index (κ1) is 38.5. The molecule has 6 N–H and O–H groups in total. The summed E-state index contributed by atoms with van der Waals surface area (Å²) in [6, 6.07) is 10.7. The molecule has 3 unspecified atom stereocenters. The van der Waals surface area contributed by atoms with Crippen molar-refractivity contribution in [2.24, 2.45) is 0 Å². The second-order valence-electron chi connectivity index (χ2n) is 11.5. The van der Waals surface area contributed by atoms with Crippen LogP contribution in [0.1, 0.15) is 38.3 Å². The number of aliphatic carboxylic acids is 1. The third-order valence-electron chi connectivity index (χ3n) is 6.39. The fourth-order valence-electron chi connectivity index (χ4n) is 4.12. The van der Waals surface area contributed by atoms with Gasteiger partial charge in [-0.25, -0.2) is 14.0 Å². The van der Waals surface area contributed by atoms with Gasteiger partial charge < -0.3 is 36.4 Å². The second-order valence-corrected chi connectivity index (χ2v) is 12.5. The van der Waals surface area contributed by atoms with Crippen molar-refractivity contribution in [3.05, 3.63) is 71.5 Å². The molecule has 13 nitrogen and oxygen atoms in total. The van der Waals surface area contributed by atoms with Crippen molar-refractivity contribution in [3.8, 4) is 0 Å². The van der Waals surface area contributed by atoms with Gasteiger partial charge in [0.1, 0.15) is 29.5 Å². The van der Waals surface area contributed by atoms with Crippen LogP contribution in [0, 0.1) is 5.82 Å². The van der Waals surface area contributed by atoms with Gasteiger partial charge in [0.25, 0.3) is 0 Å². The minimum Gasteiger partial charge on any atom is -0.480 e. The summed E-state index contributed by atoms with van der Waals surface area (Å²) < 4.78 is 18.6. The smallest absolute Gasteiger partial charge is 0.408 e. The molecule has 15 heteroatoms. The van der Waals surface area contributed by atoms with E-state index in [2.05, 4.69) is 26.6 Å². The van der Waals surface area contributed by atoms with Crippen LogP contribution in [0.2, 0.25) is 0 Å². The largest absolute Gasteiger partial charge is 0.480 e. The number of hydrogen-bond donors (Lipinski definition) is 6. The van der Waals surface area contributed by atoms with Gasteiger partial charge in [-0.05, 0) is 62.5 Å². The highest BCUT2D eigenvalue weighted by atomic mass is 32.2. The summed E-state index contributed by atoms with van der Waals surface area (Å²) >= 11 is 1.43. The molecule has 0 fully saturated rings. The second kappa shape index (κ2) is 19.1. The predicted octanol–water partition coefficient (Wildman–Crippen LogP) is 1.54. The number of halogens is 1. The van der Waals surface area contributed by atoms with E-state index in [-0.39, 0.29) is 19.3 Å². The molecule has 0 radical (unpaired) electrons. The number of ether oxygens (including phenoxy) is 1. The molecule has 0 spiro atoms. The molecule has 2 rings (SSSR count). The lowest BCUT2D eigenvalue weighted by Gasteiger charge is -2.23. The third-order valence-corrected chi connectivity index (χ3v) is 7.03. The van der Waals surface area contributed by atoms with Gasteiger partial charge in [0.15, 0.2) is 0 Å². The Morgan fingerprint density at radius 1 is 0.766 bits per heavy atom. The number of rotatable bonds is 17. The minimum absolute atomic E-state index is 0.0275. The molecule has 0 bridgehead atoms. The fourth-order valence-corrected chi connectivity index (χ4v) is 4.59. The summed E-state index contributed by atoms with van der Waals surface area (Å²) in [5.41, 5.74) is 0.414. The van der Waals surface area contributed by atoms with E-state index in [4.69, 9.17) is 4.74 Å². The van der Waals surface area contributed by atoms with Gasteiger partial charge in [0, 0.05) is 12.8 Å². The highest BCUT2D eigenvalue weighted by Gasteiger charge is 2.28. The van der Waals surface area contributed by atoms with Crippen LogP contribution in [0.15, 0.2) is 54.6 Å². The zero-order valence-corrected chi connectivity index (χ0v) is 27.6. The number of carbonyl (C=O) groups is 6. The van der Waals surface area contributed by atoms with Crippen LogP contribution in [-0.4, -0.2) is 89.6 Å². The van der Waals surface area contributed by atoms with Crippen LogP contribution in [0.5, 0.6) is 0 Å². The monoisotopic (exact) mass is 675 g/mol. The molecule has 256 valence electrons. The van der Waals surface area contributed by atoms with E-state index in [9.17, 15) is 38.3 Å². The number of nitrogens with one attached hydrogen (secondary N) is 5. The molecule has 0 saturated carbocycles. The molecule has 3 atom stereocenters. The van der Waals surface area contributed by atoms with Crippen molar-refractivity contribution in [2.75, 3.05) is 25.1 Å². The average Bonchev–Trinajstić information content (AvgIpc) is 3.00. The lowest BCUT2D eigenvalue weighted by atomic mass is 10.0. The number of hydrogen-bond acceptors (Lipinski definition) is 8. The van der Waals surface area contributed by atoms with Crippen molar-refractivity contribution in [3.63, 3.8) is 0 Å². The molecule has 0 aliphatic rings. The number of benzene rings is 2. The van der Waals surface area contributed by atoms with Crippen LogP contribution < -0.4 is 26.6 Å². The summed E-state index contributed by atoms with van der Waals surface area (Å²) in [5.74, 6) is -4.06. The minimum atomic E-state index is -1.20. The Morgan fingerprint density at radius 2 is 1.34 bits per heavy atom. The average molecular weight is 676 g/mol. The molecule has 0 aromatic heterocycles. The lowest BCUT2D eigenvalue weighted by molar-refractivity contribution is -0.142. The van der Waals surface area contributed by atoms with E-state index in [0.717, 1.165) is 0 Å². The summed E-state index contributed by atoms with van der Waals surface area (Å²) in [5, 5.41) is 21.7. The highest BCUT2D eigenvalue weighted by Crippen LogP contribution is 2.10. The Kier molecular flexibility index (Phi) is 15.7. The quantitative estimate of drug-likeness (QED) is 0.144. The van der Waals surface area contributed by atoms with Gasteiger partial charge in [-0.1, -0.05) is 42.5 Å². The Morgan fingerprint density at radius 3 is 1.91 bits per heavy atom. The van der Waals surface area contributed by atoms with Gasteiger partial charge in [-0.2, -0.15) is 11.8 Å². The number of carboxylic acid groups (broad SMARTS) is 1. The van der Waals surface area contributed by atoms with Crippen LogP contribution in [0.25, 0.3) is 0 Å². The van der Waals surface area contributed by atoms with E-state index in [1.165, 1.54) is 36.0 Å². The van der Waals surface area contributed by atoms with Crippen molar-refractivity contribution in [1.82, 2.24) is 26.6 Å². The van der Waals surface area contributed by atoms with Crippen molar-refractivity contribution in [2.45, 2.75) is 63.8 Å². The molecule has 0 aliphatic carbocycles. The Labute approximate surface area is 277 Å². The Hall–Kier alpha value is -4.66. The molecule has 0 heterocycles. The molecular formula is C32H42FN5O8S. The summed E-state index contributed by atoms with van der Waals surface area (Å²) in [6.45, 7) is 3.86. The SMILES string of the molecule is CSCCC(NC(=O)C(Cc1ccccc1)NC(=O)CNC(=O)CNC(=O)C(Cc1ccc(F)cc1)NC(=O)OC(C)(C)C)C(=O)O. The fraction of sp³-hybridized carbons (Fsp3) is 0.438. The predicted molar refractivity (Wildman–Crippen MR) is 174 cm³/mol. The maximum atomic E-state index is 13.4. The number of carboxylic acids is 1. The van der Waals surface area contributed by atoms with Gasteiger partial charge in [0.2, 0.25) is 23.6 Å². The number of thioether (sulfide) groups is 1. The van der Waals surface area contributed by atoms with E-state index < -0.39 is 78.3 Å². The normalized spacial score (nSPS) is 12.9. The molecule has 2 aromatic carbocycles. The summed E-state index contributed by atoms with van der Waals surface area (Å²) in [6.07, 6.45) is 1.17. The number of alkyl carbamates (subject to hydrolysis) is 1. The maximum absolute atomic E-state index is 13.4. The third kappa shape index (κ3) is 15.5. The van der Waals surface area contributed by atoms with Crippen LogP contribution in [0.4, 0.5) is 9.18 Å². The van der Waals surface area contributed by atoms with Crippen molar-refractivity contribution < 1.29 is 43.0 Å². The van der Waals surface area contributed by atoms with Crippen LogP contribution in [0.3, 0.4) is 0 Å². The standard InChI is InChI=1S/C32H42FN5O8S/c1-32(2,3)46-31(45)38-24(17-21-10-12-22(33)13-11-21)28(41)35-18-26(39)34-19-27(40)36-25(16-20-8-6-5-7-9-20)29(42)37-23(30(43)44)14-15-47-4/h5-13,23-25H,14-19H2,1-4H3,(H,34,39)(H,35,41)(H,36,40)(H,37,42)(H,38,45)(H,43,44). The molecule has 0 aliphatic heterocycles. The van der Waals surface area contributed by atoms with Gasteiger partial charge >= 0.3 is 12.1 Å². The van der Waals surface area contributed by atoms with Gasteiger partial charge in [0.05, 0.1) is 13.1 Å². The zero-order chi connectivity index (χ0) is 35.0. The van der Waals surface area contributed by atoms with E-state index in [0.29, 0.717) is 16.9 Å². The first-order valence-corrected chi connectivity index (χ1v) is 16.2. The lowest BCUT2D eigenvalue weighted by Crippen LogP contribution is -2.54. The Bertz CT molecular complexity index is 1370. The molecular weight excluding hydrogens is 633 g/mol. The van der Waals surface area contributed by atoms with Crippen molar-refractivity contribution >= 4 is 47.5 Å². The van der Waals surface area contributed by atoms with Crippen LogP contribution >= 0.6 is 11.8 Å². The molecule has 0 saturated heterocycles. The van der Waals surface area contributed by atoms with Gasteiger partial charge in [-0.15, -0.1) is 0 Å². The van der Waals surface area contributed by atoms with E-state index in [1.807, 2.05) is 6.26 Å². The number of carbonyl (C=O) groups excluding carboxylic acids is 5. The molecule has 2 aromatic rings. The molecule has 47 heavy (non-hydrogen) atoms. The zero-order valence-electron chi connectivity index (χ0n) is 26.8. The van der Waals surface area contributed by atoms with Crippen molar-refractivity contribution in [1.29, 1.82) is 0 Å². The topological polar surface area (TPSA) is 192 Å². The molecule has 5 amide bonds.